The van der Waals surface area contributed by atoms with Crippen LogP contribution in [-0.2, 0) is 4.79 Å². The monoisotopic (exact) mass is 239 g/mol. The molecule has 0 saturated heterocycles. The predicted octanol–water partition coefficient (Wildman–Crippen LogP) is 3.09. The Balaban J connectivity index is 2.03. The van der Waals surface area contributed by atoms with Crippen LogP contribution in [-0.4, -0.2) is 13.0 Å². The minimum atomic E-state index is 0.0903. The first-order valence-electron chi connectivity index (χ1n) is 5.35. The second-order valence-electron chi connectivity index (χ2n) is 3.97. The molecule has 0 spiro atoms. The molecule has 1 amide bonds. The summed E-state index contributed by atoms with van der Waals surface area (Å²) in [5.74, 6) is 0.886. The lowest BCUT2D eigenvalue weighted by atomic mass is 9.85. The summed E-state index contributed by atoms with van der Waals surface area (Å²) in [7, 11) is 1.56. The lowest BCUT2D eigenvalue weighted by molar-refractivity contribution is -0.122. The Kier molecular flexibility index (Phi) is 3.34. The molecule has 4 heteroatoms. The van der Waals surface area contributed by atoms with Crippen LogP contribution in [0.2, 0.25) is 5.02 Å². The molecule has 1 N–H and O–H groups in total. The SMILES string of the molecule is COc1ccc(NC(=O)C2CCC2)cc1Cl. The van der Waals surface area contributed by atoms with E-state index in [1.165, 1.54) is 0 Å². The summed E-state index contributed by atoms with van der Waals surface area (Å²) in [6.07, 6.45) is 3.15. The lowest BCUT2D eigenvalue weighted by Crippen LogP contribution is -2.27. The fourth-order valence-electron chi connectivity index (χ4n) is 1.66. The van der Waals surface area contributed by atoms with E-state index in [2.05, 4.69) is 5.32 Å². The minimum Gasteiger partial charge on any atom is -0.495 e. The number of halogens is 1. The van der Waals surface area contributed by atoms with Crippen molar-refractivity contribution in [1.82, 2.24) is 0 Å². The highest BCUT2D eigenvalue weighted by molar-refractivity contribution is 6.32. The fraction of sp³-hybridized carbons (Fsp3) is 0.417. The normalized spacial score (nSPS) is 15.4. The van der Waals surface area contributed by atoms with E-state index in [4.69, 9.17) is 16.3 Å². The Bertz CT molecular complexity index is 402. The highest BCUT2D eigenvalue weighted by atomic mass is 35.5. The number of nitrogens with one attached hydrogen (secondary N) is 1. The van der Waals surface area contributed by atoms with Gasteiger partial charge in [-0.05, 0) is 31.0 Å². The van der Waals surface area contributed by atoms with Gasteiger partial charge in [0.2, 0.25) is 5.91 Å². The van der Waals surface area contributed by atoms with Gasteiger partial charge >= 0.3 is 0 Å². The Hall–Kier alpha value is -1.22. The molecule has 0 aliphatic heterocycles. The van der Waals surface area contributed by atoms with Crippen LogP contribution in [0.1, 0.15) is 19.3 Å². The van der Waals surface area contributed by atoms with Crippen LogP contribution in [0.3, 0.4) is 0 Å². The van der Waals surface area contributed by atoms with Gasteiger partial charge in [0.05, 0.1) is 12.1 Å². The molecule has 0 aromatic heterocycles. The third-order valence-electron chi connectivity index (χ3n) is 2.90. The van der Waals surface area contributed by atoms with Gasteiger partial charge in [0.15, 0.2) is 0 Å². The van der Waals surface area contributed by atoms with Gasteiger partial charge in [-0.25, -0.2) is 0 Å². The summed E-state index contributed by atoms with van der Waals surface area (Å²) < 4.78 is 5.04. The van der Waals surface area contributed by atoms with Crippen molar-refractivity contribution in [1.29, 1.82) is 0 Å². The molecule has 0 unspecified atom stereocenters. The molecule has 0 atom stereocenters. The smallest absolute Gasteiger partial charge is 0.227 e. The van der Waals surface area contributed by atoms with Crippen molar-refractivity contribution in [2.45, 2.75) is 19.3 Å². The Morgan fingerprint density at radius 1 is 1.50 bits per heavy atom. The second-order valence-corrected chi connectivity index (χ2v) is 4.37. The zero-order valence-electron chi connectivity index (χ0n) is 9.13. The quantitative estimate of drug-likeness (QED) is 0.880. The summed E-state index contributed by atoms with van der Waals surface area (Å²) >= 11 is 5.96. The molecule has 86 valence electrons. The first-order chi connectivity index (χ1) is 7.70. The average Bonchev–Trinajstić information content (AvgIpc) is 2.15. The van der Waals surface area contributed by atoms with E-state index in [1.54, 1.807) is 25.3 Å². The zero-order chi connectivity index (χ0) is 11.5. The van der Waals surface area contributed by atoms with E-state index in [0.717, 1.165) is 24.9 Å². The van der Waals surface area contributed by atoms with Gasteiger partial charge in [-0.3, -0.25) is 4.79 Å². The van der Waals surface area contributed by atoms with Crippen molar-refractivity contribution in [3.8, 4) is 5.75 Å². The second kappa shape index (κ2) is 4.74. The zero-order valence-corrected chi connectivity index (χ0v) is 9.88. The maximum atomic E-state index is 11.7. The Morgan fingerprint density at radius 2 is 2.25 bits per heavy atom. The van der Waals surface area contributed by atoms with Crippen molar-refractivity contribution < 1.29 is 9.53 Å². The van der Waals surface area contributed by atoms with Gasteiger partial charge in [-0.15, -0.1) is 0 Å². The van der Waals surface area contributed by atoms with Gasteiger partial charge in [0.25, 0.3) is 0 Å². The molecule has 16 heavy (non-hydrogen) atoms. The molecule has 1 aliphatic carbocycles. The third kappa shape index (κ3) is 2.30. The van der Waals surface area contributed by atoms with Crippen LogP contribution in [0.4, 0.5) is 5.69 Å². The van der Waals surface area contributed by atoms with E-state index < -0.39 is 0 Å². The number of carbonyl (C=O) groups is 1. The van der Waals surface area contributed by atoms with Gasteiger partial charge in [-0.1, -0.05) is 18.0 Å². The standard InChI is InChI=1S/C12H14ClNO2/c1-16-11-6-5-9(7-10(11)13)14-12(15)8-3-2-4-8/h5-8H,2-4H2,1H3,(H,14,15). The number of hydrogen-bond donors (Lipinski definition) is 1. The van der Waals surface area contributed by atoms with Gasteiger partial charge < -0.3 is 10.1 Å². The minimum absolute atomic E-state index is 0.0903. The van der Waals surface area contributed by atoms with Crippen LogP contribution in [0.5, 0.6) is 5.75 Å². The molecule has 0 radical (unpaired) electrons. The molecule has 2 rings (SSSR count). The van der Waals surface area contributed by atoms with Crippen LogP contribution in [0.15, 0.2) is 18.2 Å². The number of rotatable bonds is 3. The van der Waals surface area contributed by atoms with Gasteiger partial charge in [0.1, 0.15) is 5.75 Å². The van der Waals surface area contributed by atoms with Crippen LogP contribution in [0, 0.1) is 5.92 Å². The largest absolute Gasteiger partial charge is 0.495 e. The third-order valence-corrected chi connectivity index (χ3v) is 3.19. The summed E-state index contributed by atoms with van der Waals surface area (Å²) in [4.78, 5) is 11.7. The summed E-state index contributed by atoms with van der Waals surface area (Å²) in [5.41, 5.74) is 0.725. The average molecular weight is 240 g/mol. The number of ether oxygens (including phenoxy) is 1. The van der Waals surface area contributed by atoms with Gasteiger partial charge in [-0.2, -0.15) is 0 Å². The molecule has 3 nitrogen and oxygen atoms in total. The number of amides is 1. The van der Waals surface area contributed by atoms with Crippen LogP contribution in [0.25, 0.3) is 0 Å². The van der Waals surface area contributed by atoms with E-state index >= 15 is 0 Å². The van der Waals surface area contributed by atoms with Crippen molar-refractivity contribution in [3.63, 3.8) is 0 Å². The number of benzene rings is 1. The highest BCUT2D eigenvalue weighted by Gasteiger charge is 2.25. The summed E-state index contributed by atoms with van der Waals surface area (Å²) in [6.45, 7) is 0. The molecule has 1 aromatic rings. The molecular formula is C12H14ClNO2. The highest BCUT2D eigenvalue weighted by Crippen LogP contribution is 2.30. The molecule has 1 fully saturated rings. The number of anilines is 1. The van der Waals surface area contributed by atoms with Crippen molar-refractivity contribution >= 4 is 23.2 Å². The molecule has 1 aliphatic rings. The predicted molar refractivity (Wildman–Crippen MR) is 64.0 cm³/mol. The van der Waals surface area contributed by atoms with E-state index in [1.807, 2.05) is 0 Å². The first-order valence-corrected chi connectivity index (χ1v) is 5.73. The lowest BCUT2D eigenvalue weighted by Gasteiger charge is -2.24. The van der Waals surface area contributed by atoms with Gasteiger partial charge in [0, 0.05) is 11.6 Å². The fourth-order valence-corrected chi connectivity index (χ4v) is 1.92. The molecular weight excluding hydrogens is 226 g/mol. The summed E-state index contributed by atoms with van der Waals surface area (Å²) in [6, 6.07) is 5.25. The molecule has 0 heterocycles. The maximum absolute atomic E-state index is 11.7. The van der Waals surface area contributed by atoms with Crippen molar-refractivity contribution in [3.05, 3.63) is 23.2 Å². The molecule has 0 bridgehead atoms. The Morgan fingerprint density at radius 3 is 2.75 bits per heavy atom. The first kappa shape index (κ1) is 11.3. The Labute approximate surface area is 99.7 Å². The number of methoxy groups -OCH3 is 1. The number of carbonyl (C=O) groups excluding carboxylic acids is 1. The van der Waals surface area contributed by atoms with Crippen molar-refractivity contribution in [2.75, 3.05) is 12.4 Å². The molecule has 1 saturated carbocycles. The van der Waals surface area contributed by atoms with Crippen LogP contribution >= 0.6 is 11.6 Å². The van der Waals surface area contributed by atoms with E-state index in [9.17, 15) is 4.79 Å². The van der Waals surface area contributed by atoms with Crippen molar-refractivity contribution in [2.24, 2.45) is 5.92 Å². The topological polar surface area (TPSA) is 38.3 Å². The number of hydrogen-bond acceptors (Lipinski definition) is 2. The van der Waals surface area contributed by atoms with E-state index in [-0.39, 0.29) is 11.8 Å². The van der Waals surface area contributed by atoms with Crippen LogP contribution < -0.4 is 10.1 Å². The summed E-state index contributed by atoms with van der Waals surface area (Å²) in [5, 5.41) is 3.37. The molecule has 1 aromatic carbocycles. The maximum Gasteiger partial charge on any atom is 0.227 e. The van der Waals surface area contributed by atoms with E-state index in [0.29, 0.717) is 10.8 Å².